The van der Waals surface area contributed by atoms with Gasteiger partial charge in [0.25, 0.3) is 0 Å². The van der Waals surface area contributed by atoms with Gasteiger partial charge in [0.2, 0.25) is 0 Å². The van der Waals surface area contributed by atoms with Crippen LogP contribution in [0, 0.1) is 11.8 Å². The molecule has 0 radical (unpaired) electrons. The Kier molecular flexibility index (Phi) is 6.19. The Labute approximate surface area is 131 Å². The van der Waals surface area contributed by atoms with Crippen LogP contribution < -0.4 is 5.32 Å². The van der Waals surface area contributed by atoms with Gasteiger partial charge in [-0.2, -0.15) is 0 Å². The van der Waals surface area contributed by atoms with Crippen LogP contribution in [0.1, 0.15) is 43.9 Å². The predicted molar refractivity (Wildman–Crippen MR) is 87.2 cm³/mol. The fourth-order valence-electron chi connectivity index (χ4n) is 2.61. The second-order valence-electron chi connectivity index (χ2n) is 5.43. The van der Waals surface area contributed by atoms with Crippen molar-refractivity contribution in [2.75, 3.05) is 6.54 Å². The van der Waals surface area contributed by atoms with Gasteiger partial charge < -0.3 is 5.32 Å². The maximum atomic E-state index is 3.57. The van der Waals surface area contributed by atoms with Crippen molar-refractivity contribution in [2.45, 2.75) is 45.6 Å². The molecule has 18 heavy (non-hydrogen) atoms. The summed E-state index contributed by atoms with van der Waals surface area (Å²) in [6.45, 7) is 4.55. The van der Waals surface area contributed by atoms with E-state index >= 15 is 0 Å². The Bertz CT molecular complexity index is 350. The molecule has 1 aromatic rings. The minimum absolute atomic E-state index is 0.968. The molecule has 0 bridgehead atoms. The van der Waals surface area contributed by atoms with E-state index in [0.717, 1.165) is 24.9 Å². The van der Waals surface area contributed by atoms with Gasteiger partial charge in [0, 0.05) is 15.9 Å². The second kappa shape index (κ2) is 7.41. The summed E-state index contributed by atoms with van der Waals surface area (Å²) in [5.41, 5.74) is 0. The molecular formula is C14H21Br2NS. The molecule has 0 saturated heterocycles. The standard InChI is InChI=1S/C14H21Br2NS/c1-10-2-4-11(5-3-10)6-7-17-9-12-8-13(15)14(16)18-12/h8,10-11,17H,2-7,9H2,1H3. The summed E-state index contributed by atoms with van der Waals surface area (Å²) < 4.78 is 2.37. The van der Waals surface area contributed by atoms with E-state index in [1.54, 1.807) is 0 Å². The highest BCUT2D eigenvalue weighted by molar-refractivity contribution is 9.13. The van der Waals surface area contributed by atoms with Crippen LogP contribution >= 0.6 is 43.2 Å². The highest BCUT2D eigenvalue weighted by Crippen LogP contribution is 2.32. The lowest BCUT2D eigenvalue weighted by atomic mass is 9.81. The van der Waals surface area contributed by atoms with Crippen LogP contribution in [-0.4, -0.2) is 6.54 Å². The van der Waals surface area contributed by atoms with Crippen molar-refractivity contribution >= 4 is 43.2 Å². The average Bonchev–Trinajstić information content (AvgIpc) is 2.67. The second-order valence-corrected chi connectivity index (χ2v) is 8.73. The summed E-state index contributed by atoms with van der Waals surface area (Å²) in [6, 6.07) is 2.20. The van der Waals surface area contributed by atoms with E-state index in [4.69, 9.17) is 0 Å². The van der Waals surface area contributed by atoms with Gasteiger partial charge in [-0.25, -0.2) is 0 Å². The summed E-state index contributed by atoms with van der Waals surface area (Å²) in [6.07, 6.45) is 7.11. The molecule has 0 aliphatic heterocycles. The molecule has 1 saturated carbocycles. The predicted octanol–water partition coefficient (Wildman–Crippen LogP) is 5.58. The van der Waals surface area contributed by atoms with Crippen molar-refractivity contribution in [3.05, 3.63) is 19.2 Å². The zero-order valence-corrected chi connectivity index (χ0v) is 14.8. The van der Waals surface area contributed by atoms with Crippen molar-refractivity contribution in [3.8, 4) is 0 Å². The SMILES string of the molecule is CC1CCC(CCNCc2cc(Br)c(Br)s2)CC1. The highest BCUT2D eigenvalue weighted by Gasteiger charge is 2.17. The lowest BCUT2D eigenvalue weighted by Gasteiger charge is -2.26. The molecule has 1 nitrogen and oxygen atoms in total. The highest BCUT2D eigenvalue weighted by atomic mass is 79.9. The Balaban J connectivity index is 1.61. The van der Waals surface area contributed by atoms with Gasteiger partial charge in [-0.1, -0.05) is 32.6 Å². The lowest BCUT2D eigenvalue weighted by molar-refractivity contribution is 0.275. The lowest BCUT2D eigenvalue weighted by Crippen LogP contribution is -2.20. The van der Waals surface area contributed by atoms with E-state index in [-0.39, 0.29) is 0 Å². The summed E-state index contributed by atoms with van der Waals surface area (Å²) >= 11 is 8.87. The third-order valence-corrected chi connectivity index (χ3v) is 7.12. The van der Waals surface area contributed by atoms with E-state index in [1.165, 1.54) is 45.2 Å². The number of hydrogen-bond acceptors (Lipinski definition) is 2. The number of thiophene rings is 1. The average molecular weight is 395 g/mol. The molecule has 2 rings (SSSR count). The van der Waals surface area contributed by atoms with Crippen molar-refractivity contribution in [1.29, 1.82) is 0 Å². The van der Waals surface area contributed by atoms with Crippen LogP contribution in [-0.2, 0) is 6.54 Å². The van der Waals surface area contributed by atoms with Crippen molar-refractivity contribution in [1.82, 2.24) is 5.32 Å². The van der Waals surface area contributed by atoms with Gasteiger partial charge in [-0.05, 0) is 62.7 Å². The number of halogens is 2. The first-order chi connectivity index (χ1) is 8.65. The van der Waals surface area contributed by atoms with Crippen LogP contribution in [0.5, 0.6) is 0 Å². The smallest absolute Gasteiger partial charge is 0.0843 e. The minimum Gasteiger partial charge on any atom is -0.312 e. The molecule has 102 valence electrons. The fraction of sp³-hybridized carbons (Fsp3) is 0.714. The quantitative estimate of drug-likeness (QED) is 0.642. The van der Waals surface area contributed by atoms with Crippen LogP contribution in [0.15, 0.2) is 14.3 Å². The van der Waals surface area contributed by atoms with Crippen molar-refractivity contribution in [2.24, 2.45) is 11.8 Å². The molecule has 0 amide bonds. The Hall–Kier alpha value is 0.620. The van der Waals surface area contributed by atoms with Gasteiger partial charge in [-0.3, -0.25) is 0 Å². The first-order valence-corrected chi connectivity index (χ1v) is 9.20. The van der Waals surface area contributed by atoms with E-state index in [0.29, 0.717) is 0 Å². The van der Waals surface area contributed by atoms with Gasteiger partial charge in [0.1, 0.15) is 0 Å². The van der Waals surface area contributed by atoms with Crippen LogP contribution in [0.4, 0.5) is 0 Å². The number of hydrogen-bond donors (Lipinski definition) is 1. The largest absolute Gasteiger partial charge is 0.312 e. The third-order valence-electron chi connectivity index (χ3n) is 3.86. The van der Waals surface area contributed by atoms with Gasteiger partial charge in [0.05, 0.1) is 3.79 Å². The van der Waals surface area contributed by atoms with E-state index in [2.05, 4.69) is 50.2 Å². The topological polar surface area (TPSA) is 12.0 Å². The molecule has 1 aliphatic rings. The van der Waals surface area contributed by atoms with E-state index < -0.39 is 0 Å². The monoisotopic (exact) mass is 393 g/mol. The van der Waals surface area contributed by atoms with Gasteiger partial charge >= 0.3 is 0 Å². The van der Waals surface area contributed by atoms with Gasteiger partial charge in [-0.15, -0.1) is 11.3 Å². The molecular weight excluding hydrogens is 374 g/mol. The summed E-state index contributed by atoms with van der Waals surface area (Å²) in [4.78, 5) is 1.39. The van der Waals surface area contributed by atoms with Gasteiger partial charge in [0.15, 0.2) is 0 Å². The van der Waals surface area contributed by atoms with Crippen molar-refractivity contribution in [3.63, 3.8) is 0 Å². The molecule has 1 aromatic heterocycles. The molecule has 0 unspecified atom stereocenters. The van der Waals surface area contributed by atoms with Crippen LogP contribution in [0.2, 0.25) is 0 Å². The van der Waals surface area contributed by atoms with Crippen LogP contribution in [0.3, 0.4) is 0 Å². The van der Waals surface area contributed by atoms with Crippen LogP contribution in [0.25, 0.3) is 0 Å². The third kappa shape index (κ3) is 4.62. The first-order valence-electron chi connectivity index (χ1n) is 6.79. The molecule has 4 heteroatoms. The maximum absolute atomic E-state index is 3.57. The maximum Gasteiger partial charge on any atom is 0.0843 e. The minimum atomic E-state index is 0.968. The van der Waals surface area contributed by atoms with Crippen molar-refractivity contribution < 1.29 is 0 Å². The summed E-state index contributed by atoms with van der Waals surface area (Å²) in [5, 5.41) is 3.57. The zero-order chi connectivity index (χ0) is 13.0. The Morgan fingerprint density at radius 2 is 2.00 bits per heavy atom. The summed E-state index contributed by atoms with van der Waals surface area (Å²) in [5.74, 6) is 1.94. The molecule has 1 heterocycles. The van der Waals surface area contributed by atoms with E-state index in [9.17, 15) is 0 Å². The van der Waals surface area contributed by atoms with E-state index in [1.807, 2.05) is 11.3 Å². The molecule has 0 aromatic carbocycles. The molecule has 0 spiro atoms. The Morgan fingerprint density at radius 3 is 2.61 bits per heavy atom. The molecule has 1 N–H and O–H groups in total. The summed E-state index contributed by atoms with van der Waals surface area (Å²) in [7, 11) is 0. The first kappa shape index (κ1) is 15.0. The normalized spacial score (nSPS) is 24.4. The molecule has 0 atom stereocenters. The zero-order valence-electron chi connectivity index (χ0n) is 10.8. The number of rotatable bonds is 5. The molecule has 1 fully saturated rings. The molecule has 1 aliphatic carbocycles. The Morgan fingerprint density at radius 1 is 1.28 bits per heavy atom. The number of nitrogens with one attached hydrogen (secondary N) is 1. The fourth-order valence-corrected chi connectivity index (χ4v) is 4.76.